The van der Waals surface area contributed by atoms with Gasteiger partial charge >= 0.3 is 5.97 Å². The molecule has 0 spiro atoms. The number of carbonyl (C=O) groups excluding carboxylic acids is 1. The maximum atomic E-state index is 12.2. The SMILES string of the molecule is CC1CC(=O)N(c2ccc(CO)cc2)C(C)C1C(=O)O. The highest BCUT2D eigenvalue weighted by Gasteiger charge is 2.42. The average molecular weight is 277 g/mol. The highest BCUT2D eigenvalue weighted by molar-refractivity contribution is 5.96. The molecule has 1 fully saturated rings. The quantitative estimate of drug-likeness (QED) is 0.880. The number of aliphatic hydroxyl groups excluding tert-OH is 1. The summed E-state index contributed by atoms with van der Waals surface area (Å²) in [5.41, 5.74) is 1.44. The van der Waals surface area contributed by atoms with Crippen LogP contribution in [0.4, 0.5) is 5.69 Å². The van der Waals surface area contributed by atoms with Crippen LogP contribution >= 0.6 is 0 Å². The molecule has 0 aliphatic carbocycles. The summed E-state index contributed by atoms with van der Waals surface area (Å²) >= 11 is 0. The Morgan fingerprint density at radius 2 is 1.90 bits per heavy atom. The second-order valence-electron chi connectivity index (χ2n) is 5.37. The monoisotopic (exact) mass is 277 g/mol. The van der Waals surface area contributed by atoms with E-state index in [1.54, 1.807) is 43.0 Å². The van der Waals surface area contributed by atoms with Gasteiger partial charge in [-0.1, -0.05) is 19.1 Å². The fraction of sp³-hybridized carbons (Fsp3) is 0.467. The number of amides is 1. The van der Waals surface area contributed by atoms with E-state index in [4.69, 9.17) is 5.11 Å². The summed E-state index contributed by atoms with van der Waals surface area (Å²) in [6.45, 7) is 3.52. The third kappa shape index (κ3) is 2.54. The van der Waals surface area contributed by atoms with Crippen LogP contribution in [-0.4, -0.2) is 28.1 Å². The predicted molar refractivity (Wildman–Crippen MR) is 74.2 cm³/mol. The lowest BCUT2D eigenvalue weighted by Crippen LogP contribution is -2.53. The topological polar surface area (TPSA) is 77.8 Å². The lowest BCUT2D eigenvalue weighted by atomic mass is 9.80. The number of anilines is 1. The summed E-state index contributed by atoms with van der Waals surface area (Å²) in [4.78, 5) is 25.2. The van der Waals surface area contributed by atoms with Crippen LogP contribution in [0.3, 0.4) is 0 Å². The molecule has 2 N–H and O–H groups in total. The second-order valence-corrected chi connectivity index (χ2v) is 5.37. The van der Waals surface area contributed by atoms with Crippen molar-refractivity contribution in [2.24, 2.45) is 11.8 Å². The highest BCUT2D eigenvalue weighted by atomic mass is 16.4. The average Bonchev–Trinajstić information content (AvgIpc) is 2.38. The smallest absolute Gasteiger partial charge is 0.308 e. The molecular weight excluding hydrogens is 258 g/mol. The molecule has 1 heterocycles. The van der Waals surface area contributed by atoms with E-state index in [9.17, 15) is 14.7 Å². The van der Waals surface area contributed by atoms with E-state index in [-0.39, 0.29) is 30.9 Å². The van der Waals surface area contributed by atoms with Crippen molar-refractivity contribution in [3.63, 3.8) is 0 Å². The number of benzene rings is 1. The van der Waals surface area contributed by atoms with E-state index >= 15 is 0 Å². The Balaban J connectivity index is 2.32. The molecule has 3 unspecified atom stereocenters. The number of rotatable bonds is 3. The molecule has 1 aromatic rings. The normalized spacial score (nSPS) is 26.6. The molecule has 1 aliphatic rings. The van der Waals surface area contributed by atoms with Crippen molar-refractivity contribution in [2.75, 3.05) is 4.90 Å². The fourth-order valence-corrected chi connectivity index (χ4v) is 2.95. The molecule has 5 heteroatoms. The van der Waals surface area contributed by atoms with Crippen LogP contribution in [0.15, 0.2) is 24.3 Å². The van der Waals surface area contributed by atoms with Crippen molar-refractivity contribution >= 4 is 17.6 Å². The Morgan fingerprint density at radius 1 is 1.30 bits per heavy atom. The van der Waals surface area contributed by atoms with E-state index in [0.717, 1.165) is 5.56 Å². The Morgan fingerprint density at radius 3 is 2.40 bits per heavy atom. The van der Waals surface area contributed by atoms with Gasteiger partial charge < -0.3 is 15.1 Å². The first-order valence-corrected chi connectivity index (χ1v) is 6.70. The largest absolute Gasteiger partial charge is 0.481 e. The number of hydrogen-bond donors (Lipinski definition) is 2. The standard InChI is InChI=1S/C15H19NO4/c1-9-7-13(18)16(10(2)14(9)15(19)20)12-5-3-11(8-17)4-6-12/h3-6,9-10,14,17H,7-8H2,1-2H3,(H,19,20). The van der Waals surface area contributed by atoms with Gasteiger partial charge in [-0.25, -0.2) is 0 Å². The molecule has 0 bridgehead atoms. The van der Waals surface area contributed by atoms with Crippen LogP contribution < -0.4 is 4.90 Å². The summed E-state index contributed by atoms with van der Waals surface area (Å²) in [5, 5.41) is 18.4. The molecule has 0 aromatic heterocycles. The molecule has 3 atom stereocenters. The summed E-state index contributed by atoms with van der Waals surface area (Å²) in [6.07, 6.45) is 0.239. The van der Waals surface area contributed by atoms with Crippen molar-refractivity contribution in [1.29, 1.82) is 0 Å². The number of aliphatic hydroxyl groups is 1. The van der Waals surface area contributed by atoms with E-state index in [1.807, 2.05) is 0 Å². The Bertz CT molecular complexity index is 511. The molecule has 20 heavy (non-hydrogen) atoms. The third-order valence-corrected chi connectivity index (χ3v) is 3.99. The van der Waals surface area contributed by atoms with Gasteiger partial charge in [-0.3, -0.25) is 9.59 Å². The van der Waals surface area contributed by atoms with Crippen molar-refractivity contribution in [3.05, 3.63) is 29.8 Å². The number of carboxylic acids is 1. The maximum absolute atomic E-state index is 12.2. The minimum absolute atomic E-state index is 0.0563. The third-order valence-electron chi connectivity index (χ3n) is 3.99. The van der Waals surface area contributed by atoms with Crippen molar-refractivity contribution in [1.82, 2.24) is 0 Å². The number of hydrogen-bond acceptors (Lipinski definition) is 3. The van der Waals surface area contributed by atoms with Gasteiger partial charge in [0.05, 0.1) is 12.5 Å². The van der Waals surface area contributed by atoms with Gasteiger partial charge in [0.2, 0.25) is 5.91 Å². The zero-order chi connectivity index (χ0) is 14.9. The van der Waals surface area contributed by atoms with Gasteiger partial charge in [0.25, 0.3) is 0 Å². The number of aliphatic carboxylic acids is 1. The lowest BCUT2D eigenvalue weighted by molar-refractivity contribution is -0.146. The Labute approximate surface area is 117 Å². The Hall–Kier alpha value is -1.88. The van der Waals surface area contributed by atoms with Crippen LogP contribution in [0.1, 0.15) is 25.8 Å². The second kappa shape index (κ2) is 5.63. The van der Waals surface area contributed by atoms with E-state index in [2.05, 4.69) is 0 Å². The van der Waals surface area contributed by atoms with Crippen LogP contribution in [0.2, 0.25) is 0 Å². The molecule has 0 radical (unpaired) electrons. The first-order chi connectivity index (χ1) is 9.45. The predicted octanol–water partition coefficient (Wildman–Crippen LogP) is 1.64. The molecule has 5 nitrogen and oxygen atoms in total. The summed E-state index contributed by atoms with van der Waals surface area (Å²) in [5.74, 6) is -1.65. The summed E-state index contributed by atoms with van der Waals surface area (Å²) < 4.78 is 0. The molecule has 108 valence electrons. The number of carboxylic acid groups (broad SMARTS) is 1. The molecule has 2 rings (SSSR count). The van der Waals surface area contributed by atoms with Crippen molar-refractivity contribution in [2.45, 2.75) is 32.9 Å². The first kappa shape index (κ1) is 14.5. The molecule has 1 amide bonds. The maximum Gasteiger partial charge on any atom is 0.308 e. The van der Waals surface area contributed by atoms with Gasteiger partial charge in [0.1, 0.15) is 0 Å². The van der Waals surface area contributed by atoms with E-state index < -0.39 is 11.9 Å². The van der Waals surface area contributed by atoms with Gasteiger partial charge in [-0.15, -0.1) is 0 Å². The minimum Gasteiger partial charge on any atom is -0.481 e. The van der Waals surface area contributed by atoms with Gasteiger partial charge in [0.15, 0.2) is 0 Å². The lowest BCUT2D eigenvalue weighted by Gasteiger charge is -2.40. The van der Waals surface area contributed by atoms with Gasteiger partial charge in [0, 0.05) is 18.2 Å². The van der Waals surface area contributed by atoms with E-state index in [1.165, 1.54) is 0 Å². The molecule has 1 aromatic carbocycles. The van der Waals surface area contributed by atoms with Gasteiger partial charge in [-0.2, -0.15) is 0 Å². The van der Waals surface area contributed by atoms with Crippen LogP contribution in [0, 0.1) is 11.8 Å². The molecule has 0 saturated carbocycles. The van der Waals surface area contributed by atoms with Crippen LogP contribution in [0.25, 0.3) is 0 Å². The summed E-state index contributed by atoms with van der Waals surface area (Å²) in [7, 11) is 0. The molecule has 1 saturated heterocycles. The van der Waals surface area contributed by atoms with E-state index in [0.29, 0.717) is 5.69 Å². The first-order valence-electron chi connectivity index (χ1n) is 6.70. The number of carbonyl (C=O) groups is 2. The molecular formula is C15H19NO4. The highest BCUT2D eigenvalue weighted by Crippen LogP contribution is 2.33. The van der Waals surface area contributed by atoms with Crippen LogP contribution in [-0.2, 0) is 16.2 Å². The zero-order valence-electron chi connectivity index (χ0n) is 11.6. The summed E-state index contributed by atoms with van der Waals surface area (Å²) in [6, 6.07) is 6.58. The molecule has 1 aliphatic heterocycles. The van der Waals surface area contributed by atoms with Crippen molar-refractivity contribution in [3.8, 4) is 0 Å². The number of nitrogens with zero attached hydrogens (tertiary/aromatic N) is 1. The van der Waals surface area contributed by atoms with Gasteiger partial charge in [-0.05, 0) is 30.5 Å². The number of piperidine rings is 1. The Kier molecular flexibility index (Phi) is 4.09. The fourth-order valence-electron chi connectivity index (χ4n) is 2.95. The van der Waals surface area contributed by atoms with Crippen molar-refractivity contribution < 1.29 is 19.8 Å². The van der Waals surface area contributed by atoms with Crippen LogP contribution in [0.5, 0.6) is 0 Å². The zero-order valence-corrected chi connectivity index (χ0v) is 11.6. The minimum atomic E-state index is -0.866.